The number of fused-ring (bicyclic) bond motifs is 2. The van der Waals surface area contributed by atoms with Crippen molar-refractivity contribution in [2.75, 3.05) is 13.1 Å². The van der Waals surface area contributed by atoms with E-state index in [0.717, 1.165) is 19.5 Å². The molecule has 0 aromatic heterocycles. The molecule has 0 aromatic carbocycles. The fraction of sp³-hybridized carbons (Fsp3) is 1.00. The van der Waals surface area contributed by atoms with Crippen molar-refractivity contribution in [3.05, 3.63) is 0 Å². The van der Waals surface area contributed by atoms with Gasteiger partial charge in [-0.3, -0.25) is 0 Å². The number of aliphatic hydroxyl groups is 1. The molecule has 9 heavy (non-hydrogen) atoms. The molecular formula is C6H12NO2+. The van der Waals surface area contributed by atoms with Gasteiger partial charge in [-0.05, 0) is 6.42 Å². The van der Waals surface area contributed by atoms with Crippen molar-refractivity contribution >= 4 is 0 Å². The number of nitrogens with two attached hydrogens (primary N) is 1. The van der Waals surface area contributed by atoms with E-state index in [1.807, 2.05) is 0 Å². The summed E-state index contributed by atoms with van der Waals surface area (Å²) < 4.78 is 5.21. The lowest BCUT2D eigenvalue weighted by Crippen LogP contribution is -2.88. The Kier molecular flexibility index (Phi) is 1.22. The molecule has 3 N–H and O–H groups in total. The Morgan fingerprint density at radius 3 is 3.00 bits per heavy atom. The highest BCUT2D eigenvalue weighted by atomic mass is 16.6. The van der Waals surface area contributed by atoms with Gasteiger partial charge in [-0.25, -0.2) is 0 Å². The third-order valence-corrected chi connectivity index (χ3v) is 2.20. The quantitative estimate of drug-likeness (QED) is 0.410. The summed E-state index contributed by atoms with van der Waals surface area (Å²) in [5, 5.41) is 11.4. The molecule has 2 saturated heterocycles. The molecule has 0 aromatic rings. The van der Waals surface area contributed by atoms with Crippen LogP contribution in [0.5, 0.6) is 0 Å². The zero-order chi connectivity index (χ0) is 6.27. The molecule has 2 aliphatic heterocycles. The number of hydrogen-bond donors (Lipinski definition) is 2. The summed E-state index contributed by atoms with van der Waals surface area (Å²) in [7, 11) is 0. The third-order valence-electron chi connectivity index (χ3n) is 2.20. The van der Waals surface area contributed by atoms with Crippen molar-refractivity contribution < 1.29 is 15.2 Å². The van der Waals surface area contributed by atoms with Crippen LogP contribution in [0.3, 0.4) is 0 Å². The minimum atomic E-state index is -0.464. The Morgan fingerprint density at radius 2 is 2.33 bits per heavy atom. The molecule has 3 atom stereocenters. The second-order valence-corrected chi connectivity index (χ2v) is 2.90. The second kappa shape index (κ2) is 1.94. The van der Waals surface area contributed by atoms with Crippen molar-refractivity contribution in [2.45, 2.75) is 18.8 Å². The Hall–Kier alpha value is -0.120. The van der Waals surface area contributed by atoms with Crippen LogP contribution in [-0.4, -0.2) is 30.6 Å². The fourth-order valence-corrected chi connectivity index (χ4v) is 1.68. The Balaban J connectivity index is 2.07. The van der Waals surface area contributed by atoms with E-state index in [2.05, 4.69) is 5.32 Å². The van der Waals surface area contributed by atoms with Gasteiger partial charge in [0.1, 0.15) is 12.6 Å². The summed E-state index contributed by atoms with van der Waals surface area (Å²) in [5.41, 5.74) is 0. The first-order chi connectivity index (χ1) is 4.36. The molecule has 0 aliphatic carbocycles. The predicted octanol–water partition coefficient (Wildman–Crippen LogP) is -1.71. The molecule has 3 nitrogen and oxygen atoms in total. The van der Waals surface area contributed by atoms with E-state index >= 15 is 0 Å². The van der Waals surface area contributed by atoms with Gasteiger partial charge in [0.15, 0.2) is 6.29 Å². The van der Waals surface area contributed by atoms with E-state index in [1.165, 1.54) is 0 Å². The molecule has 2 aliphatic rings. The van der Waals surface area contributed by atoms with Crippen LogP contribution in [0.25, 0.3) is 0 Å². The minimum Gasteiger partial charge on any atom is -0.367 e. The zero-order valence-electron chi connectivity index (χ0n) is 5.29. The van der Waals surface area contributed by atoms with Crippen molar-refractivity contribution in [1.29, 1.82) is 0 Å². The normalized spacial score (nSPS) is 49.7. The lowest BCUT2D eigenvalue weighted by molar-refractivity contribution is -0.669. The maximum atomic E-state index is 9.16. The molecular weight excluding hydrogens is 118 g/mol. The number of hydrogen-bond acceptors (Lipinski definition) is 2. The summed E-state index contributed by atoms with van der Waals surface area (Å²) in [5.74, 6) is 0.406. The molecule has 0 saturated carbocycles. The number of piperidine rings is 1. The maximum absolute atomic E-state index is 9.16. The molecule has 2 fully saturated rings. The topological polar surface area (TPSA) is 46.1 Å². The number of quaternary nitrogens is 1. The first-order valence-electron chi connectivity index (χ1n) is 3.51. The van der Waals surface area contributed by atoms with Crippen molar-refractivity contribution in [1.82, 2.24) is 0 Å². The smallest absolute Gasteiger partial charge is 0.163 e. The van der Waals surface area contributed by atoms with Crippen molar-refractivity contribution in [3.8, 4) is 0 Å². The van der Waals surface area contributed by atoms with Gasteiger partial charge >= 0.3 is 0 Å². The SMILES string of the molecule is OC1OC2C[NH2+]CC1C2. The molecule has 3 unspecified atom stereocenters. The maximum Gasteiger partial charge on any atom is 0.163 e. The molecule has 2 bridgehead atoms. The van der Waals surface area contributed by atoms with Crippen molar-refractivity contribution in [3.63, 3.8) is 0 Å². The first kappa shape index (κ1) is 5.65. The lowest BCUT2D eigenvalue weighted by atomic mass is 10.0. The molecule has 0 spiro atoms. The predicted molar refractivity (Wildman–Crippen MR) is 30.6 cm³/mol. The average Bonchev–Trinajstić information content (AvgIpc) is 2.09. The van der Waals surface area contributed by atoms with Crippen LogP contribution < -0.4 is 5.32 Å². The Labute approximate surface area is 54.0 Å². The summed E-state index contributed by atoms with van der Waals surface area (Å²) in [6, 6.07) is 0. The standard InChI is InChI=1S/C6H11NO2/c8-6-4-1-5(9-6)3-7-2-4/h4-8H,1-3H2/p+1. The van der Waals surface area contributed by atoms with E-state index in [1.54, 1.807) is 0 Å². The minimum absolute atomic E-state index is 0.332. The number of aliphatic hydroxyl groups excluding tert-OH is 1. The van der Waals surface area contributed by atoms with Gasteiger partial charge in [0.25, 0.3) is 0 Å². The Bertz CT molecular complexity index is 116. The highest BCUT2D eigenvalue weighted by molar-refractivity contribution is 4.77. The van der Waals surface area contributed by atoms with Gasteiger partial charge < -0.3 is 15.2 Å². The average molecular weight is 130 g/mol. The number of rotatable bonds is 0. The second-order valence-electron chi connectivity index (χ2n) is 2.90. The summed E-state index contributed by atoms with van der Waals surface area (Å²) in [6.45, 7) is 2.07. The highest BCUT2D eigenvalue weighted by Gasteiger charge is 2.39. The highest BCUT2D eigenvalue weighted by Crippen LogP contribution is 2.24. The van der Waals surface area contributed by atoms with Crippen LogP contribution in [-0.2, 0) is 4.74 Å². The summed E-state index contributed by atoms with van der Waals surface area (Å²) in [4.78, 5) is 0. The Morgan fingerprint density at radius 1 is 1.44 bits per heavy atom. The largest absolute Gasteiger partial charge is 0.367 e. The third kappa shape index (κ3) is 0.852. The van der Waals surface area contributed by atoms with Crippen LogP contribution in [0.15, 0.2) is 0 Å². The van der Waals surface area contributed by atoms with E-state index in [-0.39, 0.29) is 0 Å². The van der Waals surface area contributed by atoms with Gasteiger partial charge in [-0.15, -0.1) is 0 Å². The lowest BCUT2D eigenvalue weighted by Gasteiger charge is -2.13. The molecule has 2 heterocycles. The first-order valence-corrected chi connectivity index (χ1v) is 3.51. The summed E-state index contributed by atoms with van der Waals surface area (Å²) >= 11 is 0. The zero-order valence-corrected chi connectivity index (χ0v) is 5.29. The molecule has 2 rings (SSSR count). The van der Waals surface area contributed by atoms with Gasteiger partial charge in [-0.2, -0.15) is 0 Å². The van der Waals surface area contributed by atoms with Crippen LogP contribution in [0.1, 0.15) is 6.42 Å². The molecule has 0 radical (unpaired) electrons. The monoisotopic (exact) mass is 130 g/mol. The van der Waals surface area contributed by atoms with E-state index < -0.39 is 6.29 Å². The molecule has 52 valence electrons. The number of ether oxygens (including phenoxy) is 1. The van der Waals surface area contributed by atoms with Crippen LogP contribution >= 0.6 is 0 Å². The van der Waals surface area contributed by atoms with Gasteiger partial charge in [0.05, 0.1) is 12.5 Å². The van der Waals surface area contributed by atoms with E-state index in [0.29, 0.717) is 12.0 Å². The van der Waals surface area contributed by atoms with Gasteiger partial charge in [0.2, 0.25) is 0 Å². The summed E-state index contributed by atoms with van der Waals surface area (Å²) in [6.07, 6.45) is 0.935. The molecule has 3 heteroatoms. The molecule has 0 amide bonds. The fourth-order valence-electron chi connectivity index (χ4n) is 1.68. The van der Waals surface area contributed by atoms with E-state index in [9.17, 15) is 0 Å². The van der Waals surface area contributed by atoms with Crippen LogP contribution in [0.2, 0.25) is 0 Å². The van der Waals surface area contributed by atoms with Crippen LogP contribution in [0.4, 0.5) is 0 Å². The van der Waals surface area contributed by atoms with Crippen LogP contribution in [0, 0.1) is 5.92 Å². The van der Waals surface area contributed by atoms with Gasteiger partial charge in [0, 0.05) is 0 Å². The van der Waals surface area contributed by atoms with Crippen molar-refractivity contribution in [2.24, 2.45) is 5.92 Å². The van der Waals surface area contributed by atoms with E-state index in [4.69, 9.17) is 9.84 Å². The van der Waals surface area contributed by atoms with Gasteiger partial charge in [-0.1, -0.05) is 0 Å².